The Morgan fingerprint density at radius 2 is 0.559 bits per heavy atom. The summed E-state index contributed by atoms with van der Waals surface area (Å²) < 4.78 is 80.6. The van der Waals surface area contributed by atoms with Crippen molar-refractivity contribution in [1.82, 2.24) is 0 Å². The average Bonchev–Trinajstić information content (AvgIpc) is 0.845. The van der Waals surface area contributed by atoms with Crippen LogP contribution >= 0.6 is 15.6 Å². The predicted molar refractivity (Wildman–Crippen MR) is 399 cm³/mol. The lowest BCUT2D eigenvalue weighted by molar-refractivity contribution is -0.870. The molecule has 0 aliphatic heterocycles. The molecule has 588 valence electrons. The molecule has 21 nitrogen and oxygen atoms in total. The maximum absolute atomic E-state index is 13.3. The molecule has 4 unspecified atom stereocenters. The molecule has 0 aliphatic carbocycles. The highest BCUT2D eigenvalue weighted by molar-refractivity contribution is 7.46. The predicted octanol–water partition coefficient (Wildman–Crippen LogP) is 17.4. The normalized spacial score (nSPS) is 13.6. The van der Waals surface area contributed by atoms with E-state index in [0.717, 1.165) is 128 Å². The Bertz CT molecular complexity index is 2390. The van der Waals surface area contributed by atoms with Crippen LogP contribution in [0.5, 0.6) is 11.5 Å². The summed E-state index contributed by atoms with van der Waals surface area (Å²) in [5.41, 5.74) is 1.14. The molecule has 0 aromatic heterocycles. The number of ketones is 1. The van der Waals surface area contributed by atoms with Gasteiger partial charge in [-0.25, -0.2) is 0 Å². The van der Waals surface area contributed by atoms with Crippen LogP contribution in [-0.4, -0.2) is 159 Å². The van der Waals surface area contributed by atoms with Gasteiger partial charge in [-0.2, -0.15) is 0 Å². The smallest absolute Gasteiger partial charge is 0.305 e. The fourth-order valence-electron chi connectivity index (χ4n) is 11.2. The van der Waals surface area contributed by atoms with Gasteiger partial charge >= 0.3 is 23.9 Å². The van der Waals surface area contributed by atoms with Crippen LogP contribution in [0.2, 0.25) is 0 Å². The fraction of sp³-hybridized carbons (Fsp3) is 0.785. The van der Waals surface area contributed by atoms with Crippen molar-refractivity contribution in [3.63, 3.8) is 0 Å². The first kappa shape index (κ1) is 93.8. The molecule has 0 amide bonds. The topological polar surface area (TPSA) is 258 Å². The van der Waals surface area contributed by atoms with Crippen molar-refractivity contribution in [2.75, 3.05) is 108 Å². The third-order valence-corrected chi connectivity index (χ3v) is 19.7. The molecule has 0 spiro atoms. The standard InChI is InChI=1S/C79H138N2O19P2/c1-9-11-13-15-17-19-21-23-29-35-41-47-75(82)93-65-73(99-101(87,88)97-63-59-80(3,4)5)67-95-77(84)49-43-37-31-25-27-33-39-45-61-91-71-55-51-69(52-56-71)79(86)70-53-57-72(58-54-70)92-62-46-40-34-28-26-32-38-44-50-78(85)96-68-74(100-102(89,90)98-64-60-81(6,7)8)66-94-76(83)48-42-36-30-24-22-20-18-16-14-12-10-2/h51-58,73-74H,9-50,59-68H2,1-8H3. The van der Waals surface area contributed by atoms with Crippen LogP contribution in [0.25, 0.3) is 0 Å². The second kappa shape index (κ2) is 58.9. The molecule has 102 heavy (non-hydrogen) atoms. The van der Waals surface area contributed by atoms with Crippen LogP contribution in [0, 0.1) is 0 Å². The lowest BCUT2D eigenvalue weighted by Gasteiger charge is -2.29. The van der Waals surface area contributed by atoms with Gasteiger partial charge in [-0.3, -0.25) is 33.1 Å². The average molecular weight is 1480 g/mol. The third kappa shape index (κ3) is 56.1. The number of likely N-dealkylation sites (N-methyl/N-ethyl adjacent to an activating group) is 2. The van der Waals surface area contributed by atoms with Crippen LogP contribution in [0.4, 0.5) is 0 Å². The first-order chi connectivity index (χ1) is 48.9. The van der Waals surface area contributed by atoms with E-state index in [4.69, 9.17) is 46.5 Å². The Morgan fingerprint density at radius 3 is 0.794 bits per heavy atom. The number of quaternary nitrogens is 2. The van der Waals surface area contributed by atoms with Gasteiger partial charge in [0.05, 0.1) is 55.5 Å². The van der Waals surface area contributed by atoms with Crippen LogP contribution in [0.3, 0.4) is 0 Å². The molecule has 2 rings (SSSR count). The highest BCUT2D eigenvalue weighted by atomic mass is 31.2. The Morgan fingerprint density at radius 1 is 0.333 bits per heavy atom. The molecule has 0 aliphatic rings. The number of esters is 4. The number of nitrogens with zero attached hydrogens (tertiary/aromatic N) is 2. The molecule has 0 fully saturated rings. The van der Waals surface area contributed by atoms with Gasteiger partial charge in [0.1, 0.15) is 76.4 Å². The van der Waals surface area contributed by atoms with Gasteiger partial charge in [0.25, 0.3) is 15.6 Å². The van der Waals surface area contributed by atoms with E-state index >= 15 is 0 Å². The Kier molecular flexibility index (Phi) is 54.1. The third-order valence-electron chi connectivity index (χ3n) is 17.6. The number of phosphoric ester groups is 2. The van der Waals surface area contributed by atoms with Crippen molar-refractivity contribution in [2.24, 2.45) is 0 Å². The van der Waals surface area contributed by atoms with Gasteiger partial charge in [-0.1, -0.05) is 219 Å². The van der Waals surface area contributed by atoms with E-state index in [1.165, 1.54) is 89.9 Å². The molecule has 0 saturated carbocycles. The molecular formula is C79H138N2O19P2. The van der Waals surface area contributed by atoms with Crippen molar-refractivity contribution in [3.8, 4) is 11.5 Å². The molecule has 0 saturated heterocycles. The van der Waals surface area contributed by atoms with E-state index in [1.54, 1.807) is 24.3 Å². The highest BCUT2D eigenvalue weighted by Gasteiger charge is 2.25. The first-order valence-corrected chi connectivity index (χ1v) is 42.3. The number of ether oxygens (including phenoxy) is 6. The SMILES string of the molecule is CCCCCCCCCCCCCC(=O)OCC(COC(=O)CCCCCCCCCCOc1ccc(C(=O)c2ccc(OCCCCCCCCCCC(=O)OCC(COC(=O)CCCCCCCCCCCCC)OP(=O)([O-])OCC[N+](C)(C)C)cc2)cc1)OP(=O)([O-])OCC[N+](C)(C)C. The number of benzene rings is 2. The van der Waals surface area contributed by atoms with E-state index < -0.39 is 51.7 Å². The molecule has 23 heteroatoms. The quantitative estimate of drug-likeness (QED) is 0.0149. The van der Waals surface area contributed by atoms with Crippen molar-refractivity contribution in [2.45, 2.75) is 296 Å². The number of unbranched alkanes of at least 4 members (excludes halogenated alkanes) is 34. The molecule has 0 heterocycles. The monoisotopic (exact) mass is 1480 g/mol. The van der Waals surface area contributed by atoms with Crippen molar-refractivity contribution in [1.29, 1.82) is 0 Å². The Labute approximate surface area is 616 Å². The summed E-state index contributed by atoms with van der Waals surface area (Å²) in [7, 11) is 1.91. The Hall–Kier alpha value is -4.27. The van der Waals surface area contributed by atoms with Crippen LogP contribution in [0.1, 0.15) is 299 Å². The van der Waals surface area contributed by atoms with Gasteiger partial charge in [0, 0.05) is 36.8 Å². The van der Waals surface area contributed by atoms with Crippen LogP contribution < -0.4 is 19.3 Å². The zero-order valence-corrected chi connectivity index (χ0v) is 66.4. The molecule has 2 aromatic carbocycles. The number of carbonyl (C=O) groups excluding carboxylic acids is 5. The van der Waals surface area contributed by atoms with Crippen LogP contribution in [-0.2, 0) is 65.4 Å². The van der Waals surface area contributed by atoms with E-state index in [9.17, 15) is 42.9 Å². The first-order valence-electron chi connectivity index (χ1n) is 39.4. The minimum Gasteiger partial charge on any atom is -0.756 e. The van der Waals surface area contributed by atoms with Gasteiger partial charge in [-0.05, 0) is 87.1 Å². The molecule has 0 radical (unpaired) electrons. The lowest BCUT2D eigenvalue weighted by atomic mass is 10.0. The van der Waals surface area contributed by atoms with E-state index in [-0.39, 0.29) is 71.1 Å². The minimum absolute atomic E-state index is 0.0849. The fourth-order valence-corrected chi connectivity index (χ4v) is 12.9. The number of phosphoric acid groups is 2. The molecule has 0 bridgehead atoms. The van der Waals surface area contributed by atoms with Gasteiger partial charge in [-0.15, -0.1) is 0 Å². The molecule has 4 atom stereocenters. The van der Waals surface area contributed by atoms with Gasteiger partial charge < -0.3 is 65.3 Å². The van der Waals surface area contributed by atoms with Gasteiger partial charge in [0.2, 0.25) is 0 Å². The second-order valence-electron chi connectivity index (χ2n) is 29.6. The number of hydrogen-bond acceptors (Lipinski definition) is 19. The number of hydrogen-bond donors (Lipinski definition) is 0. The zero-order chi connectivity index (χ0) is 74.8. The summed E-state index contributed by atoms with van der Waals surface area (Å²) >= 11 is 0. The van der Waals surface area contributed by atoms with Crippen molar-refractivity contribution >= 4 is 45.3 Å². The minimum atomic E-state index is -4.77. The van der Waals surface area contributed by atoms with E-state index in [1.807, 2.05) is 66.6 Å². The lowest BCUT2D eigenvalue weighted by Crippen LogP contribution is -2.38. The highest BCUT2D eigenvalue weighted by Crippen LogP contribution is 2.41. The van der Waals surface area contributed by atoms with Crippen molar-refractivity contribution < 1.29 is 98.4 Å². The molecule has 0 N–H and O–H groups in total. The Balaban J connectivity index is 1.57. The summed E-state index contributed by atoms with van der Waals surface area (Å²) in [6.07, 6.45) is 38.9. The molecular weight excluding hydrogens is 1340 g/mol. The second-order valence-corrected chi connectivity index (χ2v) is 32.3. The summed E-state index contributed by atoms with van der Waals surface area (Å²) in [5.74, 6) is -0.513. The van der Waals surface area contributed by atoms with E-state index in [2.05, 4.69) is 13.8 Å². The largest absolute Gasteiger partial charge is 0.756 e. The summed E-state index contributed by atoms with van der Waals surface area (Å²) in [6, 6.07) is 14.4. The summed E-state index contributed by atoms with van der Waals surface area (Å²) in [5, 5.41) is 0. The van der Waals surface area contributed by atoms with Crippen LogP contribution in [0.15, 0.2) is 48.5 Å². The maximum atomic E-state index is 13.3. The van der Waals surface area contributed by atoms with Gasteiger partial charge in [0.15, 0.2) is 5.78 Å². The molecule has 2 aromatic rings. The number of carbonyl (C=O) groups is 5. The maximum Gasteiger partial charge on any atom is 0.305 e. The zero-order valence-electron chi connectivity index (χ0n) is 64.6. The van der Waals surface area contributed by atoms with E-state index in [0.29, 0.717) is 83.6 Å². The van der Waals surface area contributed by atoms with Crippen molar-refractivity contribution in [3.05, 3.63) is 59.7 Å². The number of rotatable bonds is 70. The summed E-state index contributed by atoms with van der Waals surface area (Å²) in [4.78, 5) is 89.2. The summed E-state index contributed by atoms with van der Waals surface area (Å²) in [6.45, 7) is 4.74.